The summed E-state index contributed by atoms with van der Waals surface area (Å²) < 4.78 is 23.4. The van der Waals surface area contributed by atoms with Crippen LogP contribution in [0.15, 0.2) is 24.3 Å². The third-order valence-electron chi connectivity index (χ3n) is 2.25. The van der Waals surface area contributed by atoms with Crippen molar-refractivity contribution in [1.82, 2.24) is 0 Å². The van der Waals surface area contributed by atoms with Gasteiger partial charge in [-0.2, -0.15) is 0 Å². The summed E-state index contributed by atoms with van der Waals surface area (Å²) >= 11 is 0. The summed E-state index contributed by atoms with van der Waals surface area (Å²) in [5, 5.41) is 0. The van der Waals surface area contributed by atoms with E-state index < -0.39 is 0 Å². The Bertz CT molecular complexity index is 310. The number of hydrogen-bond acceptors (Lipinski definition) is 2. The van der Waals surface area contributed by atoms with Crippen molar-refractivity contribution < 1.29 is 13.9 Å². The van der Waals surface area contributed by atoms with E-state index in [0.29, 0.717) is 6.61 Å². The molecule has 0 saturated carbocycles. The average Bonchev–Trinajstić information content (AvgIpc) is 2.97. The quantitative estimate of drug-likeness (QED) is 0.689. The minimum absolute atomic E-state index is 0.0742. The summed E-state index contributed by atoms with van der Waals surface area (Å²) in [5.74, 6) is -0.222. The fourth-order valence-corrected chi connectivity index (χ4v) is 1.27. The van der Waals surface area contributed by atoms with Crippen LogP contribution in [0.1, 0.15) is 18.6 Å². The Morgan fingerprint density at radius 2 is 2.43 bits per heavy atom. The third-order valence-corrected chi connectivity index (χ3v) is 2.25. The number of epoxide rings is 1. The summed E-state index contributed by atoms with van der Waals surface area (Å²) in [6.07, 6.45) is 0.181. The van der Waals surface area contributed by atoms with Gasteiger partial charge < -0.3 is 9.47 Å². The van der Waals surface area contributed by atoms with E-state index in [-0.39, 0.29) is 18.0 Å². The highest BCUT2D eigenvalue weighted by atomic mass is 19.1. The first-order chi connectivity index (χ1) is 6.75. The molecule has 1 aromatic rings. The van der Waals surface area contributed by atoms with Gasteiger partial charge in [0.15, 0.2) is 0 Å². The van der Waals surface area contributed by atoms with Crippen LogP contribution in [0.2, 0.25) is 0 Å². The Labute approximate surface area is 82.6 Å². The second-order valence-corrected chi connectivity index (χ2v) is 3.49. The zero-order chi connectivity index (χ0) is 9.97. The SMILES string of the molecule is C[C@@H](OC[C@H]1CO1)c1cccc(F)c1. The molecule has 14 heavy (non-hydrogen) atoms. The molecule has 2 atom stereocenters. The van der Waals surface area contributed by atoms with Crippen molar-refractivity contribution >= 4 is 0 Å². The topological polar surface area (TPSA) is 21.8 Å². The minimum Gasteiger partial charge on any atom is -0.371 e. The van der Waals surface area contributed by atoms with Crippen LogP contribution in [0.5, 0.6) is 0 Å². The Morgan fingerprint density at radius 1 is 1.64 bits per heavy atom. The fraction of sp³-hybridized carbons (Fsp3) is 0.455. The smallest absolute Gasteiger partial charge is 0.123 e. The molecule has 0 unspecified atom stereocenters. The van der Waals surface area contributed by atoms with Crippen LogP contribution in [0.3, 0.4) is 0 Å². The molecule has 1 fully saturated rings. The number of hydrogen-bond donors (Lipinski definition) is 0. The second-order valence-electron chi connectivity index (χ2n) is 3.49. The molecule has 3 heteroatoms. The first-order valence-corrected chi connectivity index (χ1v) is 4.74. The lowest BCUT2D eigenvalue weighted by atomic mass is 10.1. The third kappa shape index (κ3) is 2.53. The largest absolute Gasteiger partial charge is 0.371 e. The lowest BCUT2D eigenvalue weighted by molar-refractivity contribution is 0.0538. The van der Waals surface area contributed by atoms with E-state index in [1.807, 2.05) is 13.0 Å². The van der Waals surface area contributed by atoms with Crippen molar-refractivity contribution in [3.8, 4) is 0 Å². The standard InChI is InChI=1S/C11H13FO2/c1-8(13-6-11-7-14-11)9-3-2-4-10(12)5-9/h2-5,8,11H,6-7H2,1H3/t8-,11+/m1/s1. The van der Waals surface area contributed by atoms with Gasteiger partial charge in [-0.05, 0) is 24.6 Å². The second kappa shape index (κ2) is 4.07. The van der Waals surface area contributed by atoms with Gasteiger partial charge >= 0.3 is 0 Å². The fourth-order valence-electron chi connectivity index (χ4n) is 1.27. The summed E-state index contributed by atoms with van der Waals surface area (Å²) in [5.41, 5.74) is 0.866. The van der Waals surface area contributed by atoms with Crippen molar-refractivity contribution in [2.45, 2.75) is 19.1 Å². The molecule has 2 nitrogen and oxygen atoms in total. The summed E-state index contributed by atoms with van der Waals surface area (Å²) in [6, 6.07) is 6.48. The molecule has 0 amide bonds. The van der Waals surface area contributed by atoms with Gasteiger partial charge in [0.25, 0.3) is 0 Å². The lowest BCUT2D eigenvalue weighted by Gasteiger charge is -2.12. The van der Waals surface area contributed by atoms with E-state index >= 15 is 0 Å². The Kier molecular flexibility index (Phi) is 2.79. The van der Waals surface area contributed by atoms with E-state index in [9.17, 15) is 4.39 Å². The molecule has 1 aromatic carbocycles. The Hall–Kier alpha value is -0.930. The predicted molar refractivity (Wildman–Crippen MR) is 50.5 cm³/mol. The zero-order valence-electron chi connectivity index (χ0n) is 8.07. The first-order valence-electron chi connectivity index (χ1n) is 4.74. The van der Waals surface area contributed by atoms with Gasteiger partial charge in [-0.25, -0.2) is 4.39 Å². The lowest BCUT2D eigenvalue weighted by Crippen LogP contribution is -2.06. The van der Waals surface area contributed by atoms with E-state index in [1.165, 1.54) is 12.1 Å². The van der Waals surface area contributed by atoms with Crippen LogP contribution in [0, 0.1) is 5.82 Å². The van der Waals surface area contributed by atoms with Crippen molar-refractivity contribution in [2.24, 2.45) is 0 Å². The van der Waals surface area contributed by atoms with E-state index in [2.05, 4.69) is 0 Å². The van der Waals surface area contributed by atoms with Crippen LogP contribution in [-0.4, -0.2) is 19.3 Å². The Morgan fingerprint density at radius 3 is 3.07 bits per heavy atom. The molecule has 1 heterocycles. The van der Waals surface area contributed by atoms with Crippen LogP contribution in [-0.2, 0) is 9.47 Å². The van der Waals surface area contributed by atoms with E-state index in [1.54, 1.807) is 6.07 Å². The van der Waals surface area contributed by atoms with Gasteiger partial charge in [-0.3, -0.25) is 0 Å². The maximum Gasteiger partial charge on any atom is 0.123 e. The number of ether oxygens (including phenoxy) is 2. The highest BCUT2D eigenvalue weighted by Crippen LogP contribution is 2.19. The van der Waals surface area contributed by atoms with Gasteiger partial charge in [-0.1, -0.05) is 12.1 Å². The number of halogens is 1. The molecule has 0 spiro atoms. The molecule has 2 rings (SSSR count). The van der Waals surface area contributed by atoms with Gasteiger partial charge in [0, 0.05) is 0 Å². The van der Waals surface area contributed by atoms with Crippen LogP contribution in [0.4, 0.5) is 4.39 Å². The summed E-state index contributed by atoms with van der Waals surface area (Å²) in [4.78, 5) is 0. The maximum atomic E-state index is 12.9. The summed E-state index contributed by atoms with van der Waals surface area (Å²) in [7, 11) is 0. The van der Waals surface area contributed by atoms with Gasteiger partial charge in [-0.15, -0.1) is 0 Å². The van der Waals surface area contributed by atoms with Crippen molar-refractivity contribution in [1.29, 1.82) is 0 Å². The molecule has 0 N–H and O–H groups in total. The average molecular weight is 196 g/mol. The molecule has 1 saturated heterocycles. The molecular weight excluding hydrogens is 183 g/mol. The predicted octanol–water partition coefficient (Wildman–Crippen LogP) is 2.30. The molecule has 76 valence electrons. The minimum atomic E-state index is -0.222. The van der Waals surface area contributed by atoms with E-state index in [0.717, 1.165) is 12.2 Å². The highest BCUT2D eigenvalue weighted by molar-refractivity contribution is 5.18. The molecule has 1 aliphatic rings. The first kappa shape index (κ1) is 9.62. The van der Waals surface area contributed by atoms with Crippen LogP contribution < -0.4 is 0 Å². The molecule has 1 aliphatic heterocycles. The molecule has 0 aromatic heterocycles. The van der Waals surface area contributed by atoms with Crippen LogP contribution in [0.25, 0.3) is 0 Å². The van der Waals surface area contributed by atoms with Gasteiger partial charge in [0.1, 0.15) is 11.9 Å². The van der Waals surface area contributed by atoms with Crippen molar-refractivity contribution in [2.75, 3.05) is 13.2 Å². The van der Waals surface area contributed by atoms with E-state index in [4.69, 9.17) is 9.47 Å². The maximum absolute atomic E-state index is 12.9. The summed E-state index contributed by atoms with van der Waals surface area (Å²) in [6.45, 7) is 3.30. The normalized spacial score (nSPS) is 22.0. The van der Waals surface area contributed by atoms with Gasteiger partial charge in [0.2, 0.25) is 0 Å². The van der Waals surface area contributed by atoms with Crippen molar-refractivity contribution in [3.05, 3.63) is 35.6 Å². The number of rotatable bonds is 4. The molecule has 0 bridgehead atoms. The molecular formula is C11H13FO2. The monoisotopic (exact) mass is 196 g/mol. The van der Waals surface area contributed by atoms with Gasteiger partial charge in [0.05, 0.1) is 19.3 Å². The van der Waals surface area contributed by atoms with Crippen LogP contribution >= 0.6 is 0 Å². The Balaban J connectivity index is 1.91. The number of benzene rings is 1. The van der Waals surface area contributed by atoms with Crippen molar-refractivity contribution in [3.63, 3.8) is 0 Å². The zero-order valence-corrected chi connectivity index (χ0v) is 8.07. The molecule has 0 aliphatic carbocycles. The highest BCUT2D eigenvalue weighted by Gasteiger charge is 2.23. The molecule has 0 radical (unpaired) electrons.